The first-order valence-electron chi connectivity index (χ1n) is 8.93. The number of hydrogen-bond acceptors (Lipinski definition) is 1. The van der Waals surface area contributed by atoms with Crippen LogP contribution in [0.1, 0.15) is 79.6 Å². The van der Waals surface area contributed by atoms with Gasteiger partial charge in [-0.25, -0.2) is 0 Å². The lowest BCUT2D eigenvalue weighted by atomic mass is 9.96. The van der Waals surface area contributed by atoms with Crippen LogP contribution in [0.2, 0.25) is 0 Å². The van der Waals surface area contributed by atoms with Gasteiger partial charge in [0.15, 0.2) is 0 Å². The molecule has 2 heteroatoms. The molecule has 0 aliphatic heterocycles. The topological polar surface area (TPSA) is 20.3 Å². The van der Waals surface area contributed by atoms with Crippen molar-refractivity contribution in [1.29, 1.82) is 0 Å². The van der Waals surface area contributed by atoms with E-state index in [1.165, 1.54) is 19.3 Å². The Kier molecular flexibility index (Phi) is 11.4. The second-order valence-corrected chi connectivity index (χ2v) is 6.48. The van der Waals surface area contributed by atoms with Gasteiger partial charge in [-0.3, -0.25) is 4.79 Å². The molecule has 0 bridgehead atoms. The van der Waals surface area contributed by atoms with Crippen molar-refractivity contribution in [3.05, 3.63) is 12.7 Å². The zero-order chi connectivity index (χ0) is 16.3. The molecule has 2 atom stereocenters. The third-order valence-corrected chi connectivity index (χ3v) is 4.46. The average molecular weight is 296 g/mol. The van der Waals surface area contributed by atoms with Crippen LogP contribution in [0.3, 0.4) is 0 Å². The van der Waals surface area contributed by atoms with Crippen LogP contribution in [-0.4, -0.2) is 23.4 Å². The average Bonchev–Trinajstić information content (AvgIpc) is 2.47. The van der Waals surface area contributed by atoms with Crippen LogP contribution in [0, 0.1) is 11.8 Å². The van der Waals surface area contributed by atoms with Gasteiger partial charge in [-0.15, -0.1) is 6.58 Å². The fourth-order valence-corrected chi connectivity index (χ4v) is 2.97. The number of hydrogen-bond donors (Lipinski definition) is 0. The van der Waals surface area contributed by atoms with Crippen molar-refractivity contribution in [2.75, 3.05) is 6.54 Å². The van der Waals surface area contributed by atoms with Gasteiger partial charge in [-0.2, -0.15) is 0 Å². The lowest BCUT2D eigenvalue weighted by Gasteiger charge is -2.35. The van der Waals surface area contributed by atoms with Gasteiger partial charge in [0.2, 0.25) is 5.91 Å². The highest BCUT2D eigenvalue weighted by atomic mass is 16.2. The number of amides is 1. The minimum absolute atomic E-state index is 0.318. The summed E-state index contributed by atoms with van der Waals surface area (Å²) in [7, 11) is 0. The Morgan fingerprint density at radius 3 is 2.19 bits per heavy atom. The van der Waals surface area contributed by atoms with Crippen LogP contribution in [0.5, 0.6) is 0 Å². The first kappa shape index (κ1) is 20.2. The van der Waals surface area contributed by atoms with E-state index >= 15 is 0 Å². The number of unbranched alkanes of at least 4 members (excludes halogenated alkanes) is 3. The number of nitrogens with zero attached hydrogens (tertiary/aromatic N) is 1. The summed E-state index contributed by atoms with van der Waals surface area (Å²) in [5.74, 6) is 1.16. The van der Waals surface area contributed by atoms with Gasteiger partial charge in [-0.05, 0) is 31.1 Å². The standard InChI is InChI=1S/C19H37NO/c1-7-11-12-13-14-20(18(10-4)16(5)6)19(21)15-17(8-2)9-3/h8,16-18H,2,7,9-15H2,1,3-6H3/t17-,18+/m0/s1. The summed E-state index contributed by atoms with van der Waals surface area (Å²) in [5.41, 5.74) is 0. The van der Waals surface area contributed by atoms with Gasteiger partial charge in [-0.1, -0.05) is 60.0 Å². The van der Waals surface area contributed by atoms with Crippen molar-refractivity contribution < 1.29 is 4.79 Å². The van der Waals surface area contributed by atoms with Crippen molar-refractivity contribution >= 4 is 5.91 Å². The van der Waals surface area contributed by atoms with Crippen LogP contribution in [0.25, 0.3) is 0 Å². The zero-order valence-corrected chi connectivity index (χ0v) is 15.0. The van der Waals surface area contributed by atoms with E-state index in [0.29, 0.717) is 30.2 Å². The Bertz CT molecular complexity index is 285. The molecule has 21 heavy (non-hydrogen) atoms. The summed E-state index contributed by atoms with van der Waals surface area (Å²) in [6.07, 6.45) is 9.47. The molecular formula is C19H37NO. The molecule has 0 saturated carbocycles. The fraction of sp³-hybridized carbons (Fsp3) is 0.842. The second kappa shape index (κ2) is 11.8. The van der Waals surface area contributed by atoms with Crippen molar-refractivity contribution in [1.82, 2.24) is 4.90 Å². The van der Waals surface area contributed by atoms with E-state index in [1.54, 1.807) is 0 Å². The Morgan fingerprint density at radius 2 is 1.76 bits per heavy atom. The van der Waals surface area contributed by atoms with E-state index in [2.05, 4.69) is 46.1 Å². The Balaban J connectivity index is 4.75. The van der Waals surface area contributed by atoms with Crippen molar-refractivity contribution in [3.8, 4) is 0 Å². The van der Waals surface area contributed by atoms with Gasteiger partial charge in [0.05, 0.1) is 0 Å². The molecule has 0 unspecified atom stereocenters. The number of carbonyl (C=O) groups excluding carboxylic acids is 1. The van der Waals surface area contributed by atoms with Crippen LogP contribution in [-0.2, 0) is 4.79 Å². The molecule has 0 aromatic rings. The van der Waals surface area contributed by atoms with Crippen LogP contribution < -0.4 is 0 Å². The third-order valence-electron chi connectivity index (χ3n) is 4.46. The van der Waals surface area contributed by atoms with E-state index in [1.807, 2.05) is 6.08 Å². The molecule has 0 aromatic carbocycles. The summed E-state index contributed by atoms with van der Waals surface area (Å²) in [6, 6.07) is 0.376. The molecule has 0 radical (unpaired) electrons. The van der Waals surface area contributed by atoms with Crippen molar-refractivity contribution in [2.24, 2.45) is 11.8 Å². The Morgan fingerprint density at radius 1 is 1.10 bits per heavy atom. The maximum absolute atomic E-state index is 12.7. The first-order chi connectivity index (χ1) is 10.0. The van der Waals surface area contributed by atoms with Crippen LogP contribution >= 0.6 is 0 Å². The lowest BCUT2D eigenvalue weighted by Crippen LogP contribution is -2.44. The zero-order valence-electron chi connectivity index (χ0n) is 15.0. The van der Waals surface area contributed by atoms with Gasteiger partial charge in [0.1, 0.15) is 0 Å². The summed E-state index contributed by atoms with van der Waals surface area (Å²) < 4.78 is 0. The van der Waals surface area contributed by atoms with E-state index in [4.69, 9.17) is 0 Å². The molecular weight excluding hydrogens is 258 g/mol. The summed E-state index contributed by atoms with van der Waals surface area (Å²) >= 11 is 0. The minimum Gasteiger partial charge on any atom is -0.339 e. The molecule has 0 fully saturated rings. The highest BCUT2D eigenvalue weighted by Crippen LogP contribution is 2.20. The normalized spacial score (nSPS) is 14.0. The minimum atomic E-state index is 0.318. The summed E-state index contributed by atoms with van der Waals surface area (Å²) in [4.78, 5) is 14.9. The predicted octanol–water partition coefficient (Wildman–Crippen LogP) is 5.43. The SMILES string of the molecule is C=C[C@@H](CC)CC(=O)N(CCCCCC)[C@H](CC)C(C)C. The monoisotopic (exact) mass is 295 g/mol. The molecule has 0 N–H and O–H groups in total. The van der Waals surface area contributed by atoms with Crippen LogP contribution in [0.15, 0.2) is 12.7 Å². The van der Waals surface area contributed by atoms with Crippen molar-refractivity contribution in [2.45, 2.75) is 85.6 Å². The molecule has 2 nitrogen and oxygen atoms in total. The first-order valence-corrected chi connectivity index (χ1v) is 8.93. The Hall–Kier alpha value is -0.790. The predicted molar refractivity (Wildman–Crippen MR) is 93.4 cm³/mol. The molecule has 124 valence electrons. The van der Waals surface area contributed by atoms with E-state index < -0.39 is 0 Å². The lowest BCUT2D eigenvalue weighted by molar-refractivity contribution is -0.135. The largest absolute Gasteiger partial charge is 0.339 e. The molecule has 0 heterocycles. The van der Waals surface area contributed by atoms with Gasteiger partial charge in [0.25, 0.3) is 0 Å². The van der Waals surface area contributed by atoms with Crippen molar-refractivity contribution in [3.63, 3.8) is 0 Å². The van der Waals surface area contributed by atoms with E-state index in [-0.39, 0.29) is 0 Å². The number of rotatable bonds is 12. The highest BCUT2D eigenvalue weighted by molar-refractivity contribution is 5.77. The maximum Gasteiger partial charge on any atom is 0.223 e. The Labute approximate surface area is 133 Å². The van der Waals surface area contributed by atoms with Gasteiger partial charge >= 0.3 is 0 Å². The molecule has 0 aromatic heterocycles. The van der Waals surface area contributed by atoms with Gasteiger partial charge in [0, 0.05) is 19.0 Å². The summed E-state index contributed by atoms with van der Waals surface area (Å²) in [6.45, 7) is 15.8. The molecule has 0 rings (SSSR count). The molecule has 0 saturated heterocycles. The third kappa shape index (κ3) is 7.68. The van der Waals surface area contributed by atoms with E-state index in [9.17, 15) is 4.79 Å². The number of allylic oxidation sites excluding steroid dienone is 1. The number of carbonyl (C=O) groups is 1. The molecule has 0 spiro atoms. The maximum atomic E-state index is 12.7. The fourth-order valence-electron chi connectivity index (χ4n) is 2.97. The second-order valence-electron chi connectivity index (χ2n) is 6.48. The van der Waals surface area contributed by atoms with Crippen LogP contribution in [0.4, 0.5) is 0 Å². The highest BCUT2D eigenvalue weighted by Gasteiger charge is 2.25. The quantitative estimate of drug-likeness (QED) is 0.347. The molecule has 1 amide bonds. The molecule has 0 aliphatic rings. The summed E-state index contributed by atoms with van der Waals surface area (Å²) in [5, 5.41) is 0. The van der Waals surface area contributed by atoms with Gasteiger partial charge < -0.3 is 4.90 Å². The smallest absolute Gasteiger partial charge is 0.223 e. The van der Waals surface area contributed by atoms with E-state index in [0.717, 1.165) is 25.8 Å². The molecule has 0 aliphatic carbocycles.